The summed E-state index contributed by atoms with van der Waals surface area (Å²) < 4.78 is 4.66. The van der Waals surface area contributed by atoms with Gasteiger partial charge >= 0.3 is 5.97 Å². The van der Waals surface area contributed by atoms with Crippen molar-refractivity contribution in [2.75, 3.05) is 20.2 Å². The third-order valence-corrected chi connectivity index (χ3v) is 4.19. The fourth-order valence-corrected chi connectivity index (χ4v) is 2.82. The molecule has 24 heavy (non-hydrogen) atoms. The molecule has 0 N–H and O–H groups in total. The van der Waals surface area contributed by atoms with Gasteiger partial charge < -0.3 is 9.64 Å². The second-order valence-electron chi connectivity index (χ2n) is 5.67. The normalized spacial score (nSPS) is 14.0. The standard InChI is InChI=1S/C20H19NO3/c1-24-20(23)18-9-7-17(8-10-18)19(22)21-13-11-16(12-14-21)15-5-3-2-4-6-15/h2-11H,12-14H2,1H3. The lowest BCUT2D eigenvalue weighted by atomic mass is 9.99. The van der Waals surface area contributed by atoms with Gasteiger partial charge in [0.2, 0.25) is 0 Å². The van der Waals surface area contributed by atoms with Crippen molar-refractivity contribution in [2.24, 2.45) is 0 Å². The molecule has 4 nitrogen and oxygen atoms in total. The molecule has 3 rings (SSSR count). The van der Waals surface area contributed by atoms with Gasteiger partial charge in [-0.05, 0) is 41.8 Å². The van der Waals surface area contributed by atoms with Crippen LogP contribution in [-0.2, 0) is 4.74 Å². The topological polar surface area (TPSA) is 46.6 Å². The van der Waals surface area contributed by atoms with Crippen molar-refractivity contribution in [3.63, 3.8) is 0 Å². The van der Waals surface area contributed by atoms with Crippen LogP contribution >= 0.6 is 0 Å². The Hall–Kier alpha value is -2.88. The van der Waals surface area contributed by atoms with Gasteiger partial charge in [0, 0.05) is 18.7 Å². The third kappa shape index (κ3) is 3.38. The number of methoxy groups -OCH3 is 1. The lowest BCUT2D eigenvalue weighted by Gasteiger charge is -2.26. The minimum absolute atomic E-state index is 0.0187. The summed E-state index contributed by atoms with van der Waals surface area (Å²) in [6, 6.07) is 16.8. The molecule has 0 saturated heterocycles. The predicted octanol–water partition coefficient (Wildman–Crippen LogP) is 3.40. The molecule has 0 saturated carbocycles. The average molecular weight is 321 g/mol. The van der Waals surface area contributed by atoms with Crippen LogP contribution < -0.4 is 0 Å². The molecule has 0 bridgehead atoms. The number of hydrogen-bond acceptors (Lipinski definition) is 3. The number of carbonyl (C=O) groups is 2. The lowest BCUT2D eigenvalue weighted by Crippen LogP contribution is -2.34. The first-order chi connectivity index (χ1) is 11.7. The Morgan fingerprint density at radius 3 is 2.21 bits per heavy atom. The molecular formula is C20H19NO3. The molecule has 2 aromatic carbocycles. The fraction of sp³-hybridized carbons (Fsp3) is 0.200. The van der Waals surface area contributed by atoms with E-state index in [0.29, 0.717) is 24.2 Å². The highest BCUT2D eigenvalue weighted by atomic mass is 16.5. The Bertz CT molecular complexity index is 763. The molecule has 1 amide bonds. The van der Waals surface area contributed by atoms with Gasteiger partial charge in [0.15, 0.2) is 0 Å². The summed E-state index contributed by atoms with van der Waals surface area (Å²) in [7, 11) is 1.34. The van der Waals surface area contributed by atoms with Crippen LogP contribution in [0.15, 0.2) is 60.7 Å². The smallest absolute Gasteiger partial charge is 0.337 e. The van der Waals surface area contributed by atoms with Crippen molar-refractivity contribution in [3.05, 3.63) is 77.4 Å². The van der Waals surface area contributed by atoms with E-state index in [4.69, 9.17) is 0 Å². The van der Waals surface area contributed by atoms with E-state index in [1.165, 1.54) is 18.2 Å². The zero-order valence-corrected chi connectivity index (χ0v) is 13.6. The highest BCUT2D eigenvalue weighted by Crippen LogP contribution is 2.23. The molecule has 1 heterocycles. The number of carbonyl (C=O) groups excluding carboxylic acids is 2. The highest BCUT2D eigenvalue weighted by molar-refractivity contribution is 5.96. The summed E-state index contributed by atoms with van der Waals surface area (Å²) in [6.45, 7) is 1.29. The minimum Gasteiger partial charge on any atom is -0.465 e. The van der Waals surface area contributed by atoms with E-state index in [9.17, 15) is 9.59 Å². The maximum Gasteiger partial charge on any atom is 0.337 e. The van der Waals surface area contributed by atoms with Gasteiger partial charge in [-0.15, -0.1) is 0 Å². The summed E-state index contributed by atoms with van der Waals surface area (Å²) in [6.07, 6.45) is 2.95. The third-order valence-electron chi connectivity index (χ3n) is 4.19. The first-order valence-electron chi connectivity index (χ1n) is 7.91. The molecular weight excluding hydrogens is 302 g/mol. The maximum atomic E-state index is 12.6. The number of ether oxygens (including phenoxy) is 1. The molecule has 0 aliphatic carbocycles. The van der Waals surface area contributed by atoms with Gasteiger partial charge in [-0.1, -0.05) is 36.4 Å². The van der Waals surface area contributed by atoms with Crippen molar-refractivity contribution >= 4 is 17.4 Å². The molecule has 1 aliphatic heterocycles. The van der Waals surface area contributed by atoms with Gasteiger partial charge in [-0.3, -0.25) is 4.79 Å². The Morgan fingerprint density at radius 2 is 1.62 bits per heavy atom. The SMILES string of the molecule is COC(=O)c1ccc(C(=O)N2CC=C(c3ccccc3)CC2)cc1. The van der Waals surface area contributed by atoms with Crippen molar-refractivity contribution in [2.45, 2.75) is 6.42 Å². The number of esters is 1. The molecule has 0 aromatic heterocycles. The van der Waals surface area contributed by atoms with Crippen LogP contribution in [0.25, 0.3) is 5.57 Å². The summed E-state index contributed by atoms with van der Waals surface area (Å²) in [5.41, 5.74) is 3.52. The highest BCUT2D eigenvalue weighted by Gasteiger charge is 2.19. The zero-order chi connectivity index (χ0) is 16.9. The molecule has 1 aliphatic rings. The Morgan fingerprint density at radius 1 is 0.958 bits per heavy atom. The van der Waals surface area contributed by atoms with Crippen LogP contribution in [0.4, 0.5) is 0 Å². The Labute approximate surface area is 141 Å². The van der Waals surface area contributed by atoms with Gasteiger partial charge in [0.1, 0.15) is 0 Å². The monoisotopic (exact) mass is 321 g/mol. The average Bonchev–Trinajstić information content (AvgIpc) is 2.68. The molecule has 0 radical (unpaired) electrons. The second-order valence-corrected chi connectivity index (χ2v) is 5.67. The van der Waals surface area contributed by atoms with Crippen molar-refractivity contribution in [1.29, 1.82) is 0 Å². The molecule has 2 aromatic rings. The number of benzene rings is 2. The van der Waals surface area contributed by atoms with E-state index in [1.807, 2.05) is 23.1 Å². The van der Waals surface area contributed by atoms with Gasteiger partial charge in [-0.25, -0.2) is 4.79 Å². The van der Waals surface area contributed by atoms with Gasteiger partial charge in [0.05, 0.1) is 12.7 Å². The molecule has 0 spiro atoms. The number of rotatable bonds is 3. The molecule has 4 heteroatoms. The predicted molar refractivity (Wildman–Crippen MR) is 92.7 cm³/mol. The Kier molecular flexibility index (Phi) is 4.75. The van der Waals surface area contributed by atoms with E-state index >= 15 is 0 Å². The van der Waals surface area contributed by atoms with Crippen LogP contribution in [0, 0.1) is 0 Å². The first kappa shape index (κ1) is 16.0. The van der Waals surface area contributed by atoms with Gasteiger partial charge in [0.25, 0.3) is 5.91 Å². The summed E-state index contributed by atoms with van der Waals surface area (Å²) in [4.78, 5) is 25.8. The van der Waals surface area contributed by atoms with E-state index in [2.05, 4.69) is 22.9 Å². The number of amides is 1. The van der Waals surface area contributed by atoms with Crippen LogP contribution in [0.3, 0.4) is 0 Å². The summed E-state index contributed by atoms with van der Waals surface area (Å²) in [5, 5.41) is 0. The second kappa shape index (κ2) is 7.13. The summed E-state index contributed by atoms with van der Waals surface area (Å²) >= 11 is 0. The minimum atomic E-state index is -0.401. The fourth-order valence-electron chi connectivity index (χ4n) is 2.82. The van der Waals surface area contributed by atoms with Crippen LogP contribution in [-0.4, -0.2) is 37.0 Å². The number of hydrogen-bond donors (Lipinski definition) is 0. The number of nitrogens with zero attached hydrogens (tertiary/aromatic N) is 1. The molecule has 0 atom stereocenters. The molecule has 0 unspecified atom stereocenters. The van der Waals surface area contributed by atoms with Crippen LogP contribution in [0.1, 0.15) is 32.7 Å². The first-order valence-corrected chi connectivity index (χ1v) is 7.91. The Balaban J connectivity index is 1.69. The maximum absolute atomic E-state index is 12.6. The van der Waals surface area contributed by atoms with Crippen molar-refractivity contribution in [3.8, 4) is 0 Å². The largest absolute Gasteiger partial charge is 0.465 e. The van der Waals surface area contributed by atoms with Crippen LogP contribution in [0.5, 0.6) is 0 Å². The molecule has 0 fully saturated rings. The van der Waals surface area contributed by atoms with E-state index in [-0.39, 0.29) is 5.91 Å². The summed E-state index contributed by atoms with van der Waals surface area (Å²) in [5.74, 6) is -0.419. The van der Waals surface area contributed by atoms with Crippen molar-refractivity contribution < 1.29 is 14.3 Å². The van der Waals surface area contributed by atoms with Gasteiger partial charge in [-0.2, -0.15) is 0 Å². The van der Waals surface area contributed by atoms with E-state index < -0.39 is 5.97 Å². The van der Waals surface area contributed by atoms with E-state index in [0.717, 1.165) is 6.42 Å². The van der Waals surface area contributed by atoms with Crippen molar-refractivity contribution in [1.82, 2.24) is 4.90 Å². The zero-order valence-electron chi connectivity index (χ0n) is 13.6. The quantitative estimate of drug-likeness (QED) is 0.814. The molecule has 122 valence electrons. The van der Waals surface area contributed by atoms with E-state index in [1.54, 1.807) is 24.3 Å². The lowest BCUT2D eigenvalue weighted by molar-refractivity contribution is 0.0600. The van der Waals surface area contributed by atoms with Crippen LogP contribution in [0.2, 0.25) is 0 Å².